The van der Waals surface area contributed by atoms with Crippen LogP contribution in [0.15, 0.2) is 16.7 Å². The van der Waals surface area contributed by atoms with Gasteiger partial charge in [0, 0.05) is 29.8 Å². The lowest BCUT2D eigenvalue weighted by atomic mass is 10.2. The number of carbonyl (C=O) groups excluding carboxylic acids is 1. The number of amides is 1. The number of hydrogen-bond acceptors (Lipinski definition) is 3. The average molecular weight is 347 g/mol. The number of aromatic nitrogens is 1. The molecule has 1 aromatic heterocycles. The highest BCUT2D eigenvalue weighted by Crippen LogP contribution is 2.21. The number of halogens is 2. The van der Waals surface area contributed by atoms with Gasteiger partial charge in [-0.15, -0.1) is 0 Å². The van der Waals surface area contributed by atoms with E-state index in [4.69, 9.17) is 11.6 Å². The van der Waals surface area contributed by atoms with Crippen molar-refractivity contribution in [3.8, 4) is 0 Å². The molecule has 0 radical (unpaired) electrons. The van der Waals surface area contributed by atoms with Gasteiger partial charge in [-0.2, -0.15) is 0 Å². The SMILES string of the molecule is CC1CN(C)CCCN1C(=O)c1cc(Br)cnc1Cl. The molecule has 1 aliphatic heterocycles. The largest absolute Gasteiger partial charge is 0.335 e. The molecule has 1 saturated heterocycles. The topological polar surface area (TPSA) is 36.4 Å². The maximum Gasteiger partial charge on any atom is 0.257 e. The Morgan fingerprint density at radius 3 is 3.00 bits per heavy atom. The second-order valence-corrected chi connectivity index (χ2v) is 6.23. The maximum absolute atomic E-state index is 12.6. The number of likely N-dealkylation sites (N-methyl/N-ethyl adjacent to an activating group) is 1. The van der Waals surface area contributed by atoms with Crippen molar-refractivity contribution >= 4 is 33.4 Å². The van der Waals surface area contributed by atoms with Gasteiger partial charge in [0.05, 0.1) is 5.56 Å². The second-order valence-electron chi connectivity index (χ2n) is 4.96. The third-order valence-corrected chi connectivity index (χ3v) is 4.08. The van der Waals surface area contributed by atoms with Crippen molar-refractivity contribution in [2.45, 2.75) is 19.4 Å². The molecule has 0 aromatic carbocycles. The minimum Gasteiger partial charge on any atom is -0.335 e. The van der Waals surface area contributed by atoms with Gasteiger partial charge in [0.25, 0.3) is 5.91 Å². The quantitative estimate of drug-likeness (QED) is 0.734. The molecule has 2 rings (SSSR count). The molecular formula is C13H17BrClN3O. The van der Waals surface area contributed by atoms with Gasteiger partial charge in [-0.1, -0.05) is 11.6 Å². The first kappa shape index (κ1) is 14.8. The summed E-state index contributed by atoms with van der Waals surface area (Å²) in [4.78, 5) is 20.8. The molecule has 0 bridgehead atoms. The zero-order chi connectivity index (χ0) is 14.0. The number of pyridine rings is 1. The molecule has 4 nitrogen and oxygen atoms in total. The molecule has 6 heteroatoms. The molecule has 104 valence electrons. The van der Waals surface area contributed by atoms with Crippen LogP contribution in [0.5, 0.6) is 0 Å². The summed E-state index contributed by atoms with van der Waals surface area (Å²) < 4.78 is 0.764. The molecule has 1 fully saturated rings. The van der Waals surface area contributed by atoms with Crippen LogP contribution in [0.25, 0.3) is 0 Å². The Kier molecular flexibility index (Phi) is 4.81. The molecule has 1 amide bonds. The molecule has 0 saturated carbocycles. The number of rotatable bonds is 1. The van der Waals surface area contributed by atoms with Crippen molar-refractivity contribution in [2.24, 2.45) is 0 Å². The Hall–Kier alpha value is -0.650. The molecular weight excluding hydrogens is 330 g/mol. The third kappa shape index (κ3) is 3.46. The molecule has 1 unspecified atom stereocenters. The molecule has 0 spiro atoms. The fourth-order valence-electron chi connectivity index (χ4n) is 2.40. The van der Waals surface area contributed by atoms with Crippen LogP contribution in [0.2, 0.25) is 5.15 Å². The summed E-state index contributed by atoms with van der Waals surface area (Å²) in [7, 11) is 2.08. The minimum atomic E-state index is -0.0402. The van der Waals surface area contributed by atoms with Crippen molar-refractivity contribution in [1.29, 1.82) is 0 Å². The summed E-state index contributed by atoms with van der Waals surface area (Å²) in [5.74, 6) is -0.0402. The van der Waals surface area contributed by atoms with E-state index in [1.165, 1.54) is 0 Å². The van der Waals surface area contributed by atoms with Gasteiger partial charge in [0.2, 0.25) is 0 Å². The molecule has 0 aliphatic carbocycles. The van der Waals surface area contributed by atoms with Crippen molar-refractivity contribution in [1.82, 2.24) is 14.8 Å². The van der Waals surface area contributed by atoms with Crippen LogP contribution in [0, 0.1) is 0 Å². The van der Waals surface area contributed by atoms with Crippen molar-refractivity contribution in [2.75, 3.05) is 26.7 Å². The van der Waals surface area contributed by atoms with Gasteiger partial charge in [-0.25, -0.2) is 4.98 Å². The monoisotopic (exact) mass is 345 g/mol. The van der Waals surface area contributed by atoms with Crippen LogP contribution in [-0.4, -0.2) is 53.4 Å². The zero-order valence-corrected chi connectivity index (χ0v) is 13.4. The van der Waals surface area contributed by atoms with Gasteiger partial charge in [-0.3, -0.25) is 4.79 Å². The molecule has 1 aliphatic rings. The van der Waals surface area contributed by atoms with E-state index in [0.29, 0.717) is 5.56 Å². The second kappa shape index (κ2) is 6.20. The average Bonchev–Trinajstić information content (AvgIpc) is 2.52. The molecule has 0 N–H and O–H groups in total. The third-order valence-electron chi connectivity index (χ3n) is 3.34. The smallest absolute Gasteiger partial charge is 0.257 e. The summed E-state index contributed by atoms with van der Waals surface area (Å²) >= 11 is 9.37. The van der Waals surface area contributed by atoms with Crippen LogP contribution >= 0.6 is 27.5 Å². The lowest BCUT2D eigenvalue weighted by Gasteiger charge is -2.28. The van der Waals surface area contributed by atoms with E-state index in [2.05, 4.69) is 39.8 Å². The Bertz CT molecular complexity index is 483. The lowest BCUT2D eigenvalue weighted by molar-refractivity contribution is 0.0696. The van der Waals surface area contributed by atoms with Gasteiger partial charge >= 0.3 is 0 Å². The molecule has 1 aromatic rings. The van der Waals surface area contributed by atoms with E-state index < -0.39 is 0 Å². The van der Waals surface area contributed by atoms with E-state index in [0.717, 1.165) is 30.5 Å². The zero-order valence-electron chi connectivity index (χ0n) is 11.1. The van der Waals surface area contributed by atoms with Gasteiger partial charge in [-0.05, 0) is 48.9 Å². The number of hydrogen-bond donors (Lipinski definition) is 0. The lowest BCUT2D eigenvalue weighted by Crippen LogP contribution is -2.42. The Balaban J connectivity index is 2.25. The molecule has 2 heterocycles. The Morgan fingerprint density at radius 2 is 2.26 bits per heavy atom. The minimum absolute atomic E-state index is 0.0402. The van der Waals surface area contributed by atoms with Gasteiger partial charge < -0.3 is 9.80 Å². The normalized spacial score (nSPS) is 21.3. The Morgan fingerprint density at radius 1 is 1.53 bits per heavy atom. The first-order valence-corrected chi connectivity index (χ1v) is 7.46. The van der Waals surface area contributed by atoms with E-state index in [1.807, 2.05) is 4.90 Å². The fourth-order valence-corrected chi connectivity index (χ4v) is 2.92. The highest BCUT2D eigenvalue weighted by molar-refractivity contribution is 9.10. The van der Waals surface area contributed by atoms with Crippen molar-refractivity contribution < 1.29 is 4.79 Å². The van der Waals surface area contributed by atoms with Crippen LogP contribution < -0.4 is 0 Å². The summed E-state index contributed by atoms with van der Waals surface area (Å²) in [6, 6.07) is 1.91. The number of nitrogens with zero attached hydrogens (tertiary/aromatic N) is 3. The van der Waals surface area contributed by atoms with Crippen molar-refractivity contribution in [3.63, 3.8) is 0 Å². The van der Waals surface area contributed by atoms with E-state index in [1.54, 1.807) is 12.3 Å². The predicted octanol–water partition coefficient (Wildman–Crippen LogP) is 2.66. The predicted molar refractivity (Wildman–Crippen MR) is 79.6 cm³/mol. The maximum atomic E-state index is 12.6. The standard InChI is InChI=1S/C13H17BrClN3O/c1-9-8-17(2)4-3-5-18(9)13(19)11-6-10(14)7-16-12(11)15/h6-7,9H,3-5,8H2,1-2H3. The van der Waals surface area contributed by atoms with Gasteiger partial charge in [0.15, 0.2) is 0 Å². The summed E-state index contributed by atoms with van der Waals surface area (Å²) in [6.45, 7) is 4.72. The fraction of sp³-hybridized carbons (Fsp3) is 0.538. The van der Waals surface area contributed by atoms with Crippen molar-refractivity contribution in [3.05, 3.63) is 27.5 Å². The van der Waals surface area contributed by atoms with Crippen LogP contribution in [0.1, 0.15) is 23.7 Å². The first-order valence-electron chi connectivity index (χ1n) is 6.29. The summed E-state index contributed by atoms with van der Waals surface area (Å²) in [6.07, 6.45) is 2.57. The highest BCUT2D eigenvalue weighted by atomic mass is 79.9. The number of carbonyl (C=O) groups is 1. The van der Waals surface area contributed by atoms with Crippen LogP contribution in [-0.2, 0) is 0 Å². The highest BCUT2D eigenvalue weighted by Gasteiger charge is 2.26. The molecule has 1 atom stereocenters. The summed E-state index contributed by atoms with van der Waals surface area (Å²) in [5.41, 5.74) is 0.465. The van der Waals surface area contributed by atoms with Crippen LogP contribution in [0.4, 0.5) is 0 Å². The van der Waals surface area contributed by atoms with E-state index in [-0.39, 0.29) is 17.1 Å². The van der Waals surface area contributed by atoms with Crippen LogP contribution in [0.3, 0.4) is 0 Å². The Labute approximate surface area is 126 Å². The molecule has 19 heavy (non-hydrogen) atoms. The van der Waals surface area contributed by atoms with E-state index in [9.17, 15) is 4.79 Å². The summed E-state index contributed by atoms with van der Waals surface area (Å²) in [5, 5.41) is 0.262. The van der Waals surface area contributed by atoms with Gasteiger partial charge in [0.1, 0.15) is 5.15 Å². The first-order chi connectivity index (χ1) is 8.99. The van der Waals surface area contributed by atoms with E-state index >= 15 is 0 Å².